The summed E-state index contributed by atoms with van der Waals surface area (Å²) < 4.78 is 0. The van der Waals surface area contributed by atoms with E-state index in [1.54, 1.807) is 17.0 Å². The Labute approximate surface area is 151 Å². The lowest BCUT2D eigenvalue weighted by Gasteiger charge is -2.18. The number of rotatable bonds is 4. The molecule has 1 aliphatic heterocycles. The third-order valence-corrected chi connectivity index (χ3v) is 4.70. The molecule has 134 valence electrons. The smallest absolute Gasteiger partial charge is 0.335 e. The largest absolute Gasteiger partial charge is 0.478 e. The van der Waals surface area contributed by atoms with Gasteiger partial charge in [0.05, 0.1) is 11.5 Å². The molecule has 2 amide bonds. The van der Waals surface area contributed by atoms with Crippen LogP contribution in [0.4, 0.5) is 11.4 Å². The van der Waals surface area contributed by atoms with Crippen molar-refractivity contribution in [2.75, 3.05) is 16.8 Å². The van der Waals surface area contributed by atoms with Crippen LogP contribution in [0, 0.1) is 19.8 Å². The summed E-state index contributed by atoms with van der Waals surface area (Å²) in [4.78, 5) is 37.3. The third-order valence-electron chi connectivity index (χ3n) is 4.70. The number of benzene rings is 2. The summed E-state index contributed by atoms with van der Waals surface area (Å²) in [6, 6.07) is 11.8. The normalized spacial score (nSPS) is 16.6. The standard InChI is InChI=1S/C20H20N2O4/c1-12-3-8-17(9-13(12)2)22-11-15(10-18(22)23)19(24)21-16-6-4-14(5-7-16)20(25)26/h3-9,15H,10-11H2,1-2H3,(H,21,24)(H,25,26)/t15-/m1/s1. The maximum atomic E-state index is 12.5. The number of aromatic carboxylic acids is 1. The van der Waals surface area contributed by atoms with Crippen molar-refractivity contribution in [2.45, 2.75) is 20.3 Å². The van der Waals surface area contributed by atoms with Gasteiger partial charge in [-0.1, -0.05) is 6.07 Å². The summed E-state index contributed by atoms with van der Waals surface area (Å²) in [6.45, 7) is 4.33. The molecule has 6 heteroatoms. The topological polar surface area (TPSA) is 86.7 Å². The van der Waals surface area contributed by atoms with Crippen LogP contribution in [-0.4, -0.2) is 29.4 Å². The van der Waals surface area contributed by atoms with E-state index in [4.69, 9.17) is 5.11 Å². The molecule has 1 aliphatic rings. The second kappa shape index (κ2) is 7.00. The van der Waals surface area contributed by atoms with Gasteiger partial charge < -0.3 is 15.3 Å². The van der Waals surface area contributed by atoms with E-state index in [-0.39, 0.29) is 23.8 Å². The fourth-order valence-corrected chi connectivity index (χ4v) is 2.97. The Balaban J connectivity index is 1.68. The summed E-state index contributed by atoms with van der Waals surface area (Å²) in [6.07, 6.45) is 0.159. The van der Waals surface area contributed by atoms with Gasteiger partial charge in [0.25, 0.3) is 0 Å². The number of carbonyl (C=O) groups is 3. The van der Waals surface area contributed by atoms with Gasteiger partial charge in [-0.25, -0.2) is 4.79 Å². The van der Waals surface area contributed by atoms with E-state index in [9.17, 15) is 14.4 Å². The van der Waals surface area contributed by atoms with Crippen LogP contribution in [-0.2, 0) is 9.59 Å². The molecule has 2 N–H and O–H groups in total. The molecule has 0 radical (unpaired) electrons. The highest BCUT2D eigenvalue weighted by atomic mass is 16.4. The van der Waals surface area contributed by atoms with Crippen molar-refractivity contribution in [2.24, 2.45) is 5.92 Å². The summed E-state index contributed by atoms with van der Waals surface area (Å²) in [5.74, 6) is -1.78. The first-order valence-corrected chi connectivity index (χ1v) is 8.37. The van der Waals surface area contributed by atoms with Crippen molar-refractivity contribution < 1.29 is 19.5 Å². The molecule has 1 heterocycles. The molecule has 1 saturated heterocycles. The van der Waals surface area contributed by atoms with Crippen molar-refractivity contribution >= 4 is 29.2 Å². The van der Waals surface area contributed by atoms with Gasteiger partial charge in [-0.05, 0) is 61.4 Å². The first-order chi connectivity index (χ1) is 12.3. The number of nitrogens with zero attached hydrogens (tertiary/aromatic N) is 1. The Morgan fingerprint density at radius 3 is 2.38 bits per heavy atom. The molecule has 0 bridgehead atoms. The van der Waals surface area contributed by atoms with Gasteiger partial charge in [0.15, 0.2) is 0 Å². The van der Waals surface area contributed by atoms with Crippen LogP contribution in [0.15, 0.2) is 42.5 Å². The molecule has 0 aromatic heterocycles. The van der Waals surface area contributed by atoms with Gasteiger partial charge in [-0.15, -0.1) is 0 Å². The van der Waals surface area contributed by atoms with E-state index in [1.807, 2.05) is 32.0 Å². The van der Waals surface area contributed by atoms with E-state index in [0.29, 0.717) is 12.2 Å². The molecule has 6 nitrogen and oxygen atoms in total. The fourth-order valence-electron chi connectivity index (χ4n) is 2.97. The first-order valence-electron chi connectivity index (χ1n) is 8.37. The van der Waals surface area contributed by atoms with Crippen LogP contribution in [0.1, 0.15) is 27.9 Å². The summed E-state index contributed by atoms with van der Waals surface area (Å²) in [5.41, 5.74) is 3.72. The van der Waals surface area contributed by atoms with Crippen molar-refractivity contribution in [1.29, 1.82) is 0 Å². The highest BCUT2D eigenvalue weighted by molar-refractivity contribution is 6.03. The SMILES string of the molecule is Cc1ccc(N2C[C@H](C(=O)Nc3ccc(C(=O)O)cc3)CC2=O)cc1C. The van der Waals surface area contributed by atoms with Gasteiger partial charge in [-0.2, -0.15) is 0 Å². The highest BCUT2D eigenvalue weighted by Crippen LogP contribution is 2.27. The third kappa shape index (κ3) is 3.59. The Morgan fingerprint density at radius 2 is 1.77 bits per heavy atom. The molecule has 26 heavy (non-hydrogen) atoms. The predicted molar refractivity (Wildman–Crippen MR) is 98.4 cm³/mol. The average molecular weight is 352 g/mol. The van der Waals surface area contributed by atoms with Crippen LogP contribution in [0.5, 0.6) is 0 Å². The summed E-state index contributed by atoms with van der Waals surface area (Å²) in [7, 11) is 0. The van der Waals surface area contributed by atoms with Crippen LogP contribution < -0.4 is 10.2 Å². The van der Waals surface area contributed by atoms with Crippen LogP contribution >= 0.6 is 0 Å². The first kappa shape index (κ1) is 17.7. The fraction of sp³-hybridized carbons (Fsp3) is 0.250. The molecule has 0 saturated carbocycles. The van der Waals surface area contributed by atoms with Gasteiger partial charge in [0, 0.05) is 24.3 Å². The van der Waals surface area contributed by atoms with Crippen molar-refractivity contribution in [3.05, 3.63) is 59.2 Å². The minimum absolute atomic E-state index is 0.0744. The molecule has 2 aromatic rings. The molecule has 3 rings (SSSR count). The zero-order chi connectivity index (χ0) is 18.8. The maximum absolute atomic E-state index is 12.5. The van der Waals surface area contributed by atoms with Crippen LogP contribution in [0.3, 0.4) is 0 Å². The number of carbonyl (C=O) groups excluding carboxylic acids is 2. The van der Waals surface area contributed by atoms with Gasteiger partial charge >= 0.3 is 5.97 Å². The van der Waals surface area contributed by atoms with Crippen LogP contribution in [0.25, 0.3) is 0 Å². The quantitative estimate of drug-likeness (QED) is 0.886. The second-order valence-electron chi connectivity index (χ2n) is 6.55. The number of hydrogen-bond donors (Lipinski definition) is 2. The lowest BCUT2D eigenvalue weighted by Crippen LogP contribution is -2.28. The average Bonchev–Trinajstić information content (AvgIpc) is 3.00. The second-order valence-corrected chi connectivity index (χ2v) is 6.55. The van der Waals surface area contributed by atoms with E-state index < -0.39 is 11.9 Å². The number of nitrogens with one attached hydrogen (secondary N) is 1. The molecule has 0 spiro atoms. The lowest BCUT2D eigenvalue weighted by atomic mass is 10.1. The molecular weight excluding hydrogens is 332 g/mol. The number of amides is 2. The van der Waals surface area contributed by atoms with Crippen molar-refractivity contribution in [1.82, 2.24) is 0 Å². The number of carboxylic acid groups (broad SMARTS) is 1. The highest BCUT2D eigenvalue weighted by Gasteiger charge is 2.35. The minimum atomic E-state index is -1.02. The Hall–Kier alpha value is -3.15. The van der Waals surface area contributed by atoms with E-state index in [0.717, 1.165) is 16.8 Å². The number of aryl methyl sites for hydroxylation is 2. The molecule has 2 aromatic carbocycles. The molecule has 0 unspecified atom stereocenters. The number of hydrogen-bond acceptors (Lipinski definition) is 3. The number of anilines is 2. The van der Waals surface area contributed by atoms with Gasteiger partial charge in [0.1, 0.15) is 0 Å². The maximum Gasteiger partial charge on any atom is 0.335 e. The summed E-state index contributed by atoms with van der Waals surface area (Å²) in [5, 5.41) is 11.7. The zero-order valence-electron chi connectivity index (χ0n) is 14.7. The van der Waals surface area contributed by atoms with Gasteiger partial charge in [-0.3, -0.25) is 9.59 Å². The minimum Gasteiger partial charge on any atom is -0.478 e. The molecule has 0 aliphatic carbocycles. The zero-order valence-corrected chi connectivity index (χ0v) is 14.7. The monoisotopic (exact) mass is 352 g/mol. The van der Waals surface area contributed by atoms with Crippen molar-refractivity contribution in [3.8, 4) is 0 Å². The Kier molecular flexibility index (Phi) is 4.75. The van der Waals surface area contributed by atoms with Gasteiger partial charge in [0.2, 0.25) is 11.8 Å². The molecular formula is C20H20N2O4. The molecule has 1 atom stereocenters. The van der Waals surface area contributed by atoms with Crippen LogP contribution in [0.2, 0.25) is 0 Å². The predicted octanol–water partition coefficient (Wildman–Crippen LogP) is 2.99. The number of carboxylic acids is 1. The van der Waals surface area contributed by atoms with Crippen molar-refractivity contribution in [3.63, 3.8) is 0 Å². The van der Waals surface area contributed by atoms with E-state index >= 15 is 0 Å². The lowest BCUT2D eigenvalue weighted by molar-refractivity contribution is -0.122. The Bertz CT molecular complexity index is 874. The van der Waals surface area contributed by atoms with E-state index in [1.165, 1.54) is 12.1 Å². The molecule has 1 fully saturated rings. The Morgan fingerprint density at radius 1 is 1.08 bits per heavy atom. The summed E-state index contributed by atoms with van der Waals surface area (Å²) >= 11 is 0. The van der Waals surface area contributed by atoms with E-state index in [2.05, 4.69) is 5.32 Å².